The van der Waals surface area contributed by atoms with Crippen LogP contribution in [-0.2, 0) is 9.53 Å². The summed E-state index contributed by atoms with van der Waals surface area (Å²) in [5, 5.41) is 9.57. The molecule has 0 N–H and O–H groups in total. The first kappa shape index (κ1) is 18.4. The van der Waals surface area contributed by atoms with Gasteiger partial charge in [0, 0.05) is 13.1 Å². The largest absolute Gasteiger partial charge is 0.378 e. The zero-order valence-corrected chi connectivity index (χ0v) is 14.7. The predicted octanol–water partition coefficient (Wildman–Crippen LogP) is 3.31. The van der Waals surface area contributed by atoms with Gasteiger partial charge in [0.1, 0.15) is 11.6 Å². The van der Waals surface area contributed by atoms with Crippen LogP contribution >= 0.6 is 0 Å². The standard InChI is InChI=1S/C18H28N2O2/c1-17(2,3)8-7-15(18(4,5)6)14(13-19)16(21)20-9-11-22-12-10-20/h7-8H,9-12H2,1-6H3/b8-7+,15-14+. The number of rotatable bonds is 2. The SMILES string of the molecule is CC(C)(C)/C=C/C(=C(/C#N)C(=O)N1CCOCC1)C(C)(C)C. The van der Waals surface area contributed by atoms with Crippen molar-refractivity contribution in [2.24, 2.45) is 10.8 Å². The van der Waals surface area contributed by atoms with Crippen LogP contribution in [0.2, 0.25) is 0 Å². The van der Waals surface area contributed by atoms with Gasteiger partial charge in [-0.15, -0.1) is 0 Å². The van der Waals surface area contributed by atoms with Crippen LogP contribution in [0, 0.1) is 22.2 Å². The van der Waals surface area contributed by atoms with E-state index in [-0.39, 0.29) is 22.3 Å². The molecule has 1 heterocycles. The third kappa shape index (κ3) is 5.31. The molecule has 0 bridgehead atoms. The Morgan fingerprint density at radius 3 is 2.09 bits per heavy atom. The first-order valence-corrected chi connectivity index (χ1v) is 7.77. The number of hydrogen-bond acceptors (Lipinski definition) is 3. The van der Waals surface area contributed by atoms with E-state index in [1.165, 1.54) is 0 Å². The summed E-state index contributed by atoms with van der Waals surface area (Å²) in [6, 6.07) is 2.14. The van der Waals surface area contributed by atoms with Gasteiger partial charge in [0.25, 0.3) is 5.91 Å². The first-order chi connectivity index (χ1) is 10.1. The predicted molar refractivity (Wildman–Crippen MR) is 88.1 cm³/mol. The molecule has 0 aromatic rings. The number of carbonyl (C=O) groups excluding carboxylic acids is 1. The second kappa shape index (κ2) is 7.11. The van der Waals surface area contributed by atoms with Crippen LogP contribution in [0.25, 0.3) is 0 Å². The summed E-state index contributed by atoms with van der Waals surface area (Å²) in [4.78, 5) is 14.4. The van der Waals surface area contributed by atoms with E-state index in [9.17, 15) is 10.1 Å². The maximum absolute atomic E-state index is 12.7. The molecule has 0 atom stereocenters. The van der Waals surface area contributed by atoms with Gasteiger partial charge in [0.05, 0.1) is 13.2 Å². The van der Waals surface area contributed by atoms with E-state index in [0.29, 0.717) is 26.3 Å². The number of hydrogen-bond donors (Lipinski definition) is 0. The monoisotopic (exact) mass is 304 g/mol. The topological polar surface area (TPSA) is 53.3 Å². The number of morpholine rings is 1. The maximum Gasteiger partial charge on any atom is 0.264 e. The highest BCUT2D eigenvalue weighted by atomic mass is 16.5. The van der Waals surface area contributed by atoms with Gasteiger partial charge in [-0.3, -0.25) is 4.79 Å². The number of nitrogens with zero attached hydrogens (tertiary/aromatic N) is 2. The van der Waals surface area contributed by atoms with Crippen molar-refractivity contribution >= 4 is 5.91 Å². The molecule has 0 aliphatic carbocycles. The van der Waals surface area contributed by atoms with Crippen molar-refractivity contribution in [2.45, 2.75) is 41.5 Å². The van der Waals surface area contributed by atoms with Crippen molar-refractivity contribution in [2.75, 3.05) is 26.3 Å². The zero-order chi connectivity index (χ0) is 17.0. The normalized spacial score (nSPS) is 18.1. The fraction of sp³-hybridized carbons (Fsp3) is 0.667. The summed E-state index contributed by atoms with van der Waals surface area (Å²) in [7, 11) is 0. The van der Waals surface area contributed by atoms with Crippen molar-refractivity contribution in [1.29, 1.82) is 5.26 Å². The highest BCUT2D eigenvalue weighted by Gasteiger charge is 2.28. The second-order valence-corrected chi connectivity index (χ2v) is 7.75. The van der Waals surface area contributed by atoms with Gasteiger partial charge in [-0.2, -0.15) is 5.26 Å². The Labute approximate surface area is 134 Å². The molecular weight excluding hydrogens is 276 g/mol. The van der Waals surface area contributed by atoms with Gasteiger partial charge >= 0.3 is 0 Å². The Balaban J connectivity index is 3.24. The van der Waals surface area contributed by atoms with Crippen molar-refractivity contribution in [3.8, 4) is 6.07 Å². The van der Waals surface area contributed by atoms with Crippen molar-refractivity contribution in [1.82, 2.24) is 4.90 Å². The molecule has 122 valence electrons. The molecule has 1 aliphatic rings. The minimum Gasteiger partial charge on any atom is -0.378 e. The van der Waals surface area contributed by atoms with Gasteiger partial charge in [-0.1, -0.05) is 53.7 Å². The van der Waals surface area contributed by atoms with Crippen LogP contribution in [0.5, 0.6) is 0 Å². The quantitative estimate of drug-likeness (QED) is 0.447. The molecule has 22 heavy (non-hydrogen) atoms. The Bertz CT molecular complexity index is 505. The van der Waals surface area contributed by atoms with Crippen LogP contribution in [-0.4, -0.2) is 37.1 Å². The summed E-state index contributed by atoms with van der Waals surface area (Å²) in [6.07, 6.45) is 3.99. The summed E-state index contributed by atoms with van der Waals surface area (Å²) >= 11 is 0. The average Bonchev–Trinajstić information content (AvgIpc) is 2.41. The highest BCUT2D eigenvalue weighted by Crippen LogP contribution is 2.31. The second-order valence-electron chi connectivity index (χ2n) is 7.75. The fourth-order valence-corrected chi connectivity index (χ4v) is 2.19. The highest BCUT2D eigenvalue weighted by molar-refractivity contribution is 5.98. The number of ether oxygens (including phenoxy) is 1. The number of allylic oxidation sites excluding steroid dienone is 3. The fourth-order valence-electron chi connectivity index (χ4n) is 2.19. The molecule has 4 heteroatoms. The molecule has 1 amide bonds. The van der Waals surface area contributed by atoms with Crippen LogP contribution in [0.3, 0.4) is 0 Å². The van der Waals surface area contributed by atoms with E-state index in [2.05, 4.69) is 32.9 Å². The van der Waals surface area contributed by atoms with Crippen LogP contribution in [0.1, 0.15) is 41.5 Å². The minimum atomic E-state index is -0.269. The lowest BCUT2D eigenvalue weighted by Gasteiger charge is -2.29. The minimum absolute atomic E-state index is 0.000915. The van der Waals surface area contributed by atoms with Crippen molar-refractivity contribution < 1.29 is 9.53 Å². The lowest BCUT2D eigenvalue weighted by atomic mass is 9.81. The Hall–Kier alpha value is -1.60. The van der Waals surface area contributed by atoms with Gasteiger partial charge in [-0.25, -0.2) is 0 Å². The summed E-state index contributed by atoms with van der Waals surface area (Å²) < 4.78 is 5.28. The molecule has 0 saturated carbocycles. The molecular formula is C18H28N2O2. The van der Waals surface area contributed by atoms with Crippen LogP contribution in [0.4, 0.5) is 0 Å². The van der Waals surface area contributed by atoms with E-state index in [1.807, 2.05) is 26.8 Å². The molecule has 0 aromatic heterocycles. The van der Waals surface area contributed by atoms with E-state index >= 15 is 0 Å². The molecule has 1 saturated heterocycles. The third-order valence-electron chi connectivity index (χ3n) is 3.45. The number of nitriles is 1. The van der Waals surface area contributed by atoms with E-state index in [1.54, 1.807) is 4.90 Å². The molecule has 1 rings (SSSR count). The van der Waals surface area contributed by atoms with Gasteiger partial charge in [-0.05, 0) is 16.4 Å². The van der Waals surface area contributed by atoms with Crippen LogP contribution < -0.4 is 0 Å². The first-order valence-electron chi connectivity index (χ1n) is 7.77. The summed E-state index contributed by atoms with van der Waals surface area (Å²) in [6.45, 7) is 14.5. The Morgan fingerprint density at radius 2 is 1.68 bits per heavy atom. The van der Waals surface area contributed by atoms with E-state index in [4.69, 9.17) is 4.74 Å². The summed E-state index contributed by atoms with van der Waals surface area (Å²) in [5.74, 6) is -0.186. The van der Waals surface area contributed by atoms with Crippen LogP contribution in [0.15, 0.2) is 23.3 Å². The molecule has 0 spiro atoms. The molecule has 1 aliphatic heterocycles. The van der Waals surface area contributed by atoms with Gasteiger partial charge in [0.2, 0.25) is 0 Å². The van der Waals surface area contributed by atoms with Crippen molar-refractivity contribution in [3.63, 3.8) is 0 Å². The van der Waals surface area contributed by atoms with Gasteiger partial charge in [0.15, 0.2) is 0 Å². The molecule has 0 radical (unpaired) electrons. The Kier molecular flexibility index (Phi) is 5.96. The van der Waals surface area contributed by atoms with Gasteiger partial charge < -0.3 is 9.64 Å². The number of amides is 1. The maximum atomic E-state index is 12.7. The molecule has 0 aromatic carbocycles. The van der Waals surface area contributed by atoms with E-state index < -0.39 is 0 Å². The number of carbonyl (C=O) groups is 1. The average molecular weight is 304 g/mol. The molecule has 1 fully saturated rings. The third-order valence-corrected chi connectivity index (χ3v) is 3.45. The van der Waals surface area contributed by atoms with E-state index in [0.717, 1.165) is 5.57 Å². The zero-order valence-electron chi connectivity index (χ0n) is 14.7. The molecule has 4 nitrogen and oxygen atoms in total. The summed E-state index contributed by atoms with van der Waals surface area (Å²) in [5.41, 5.74) is 0.768. The Morgan fingerprint density at radius 1 is 1.14 bits per heavy atom. The lowest BCUT2D eigenvalue weighted by molar-refractivity contribution is -0.130. The molecule has 0 unspecified atom stereocenters. The lowest BCUT2D eigenvalue weighted by Crippen LogP contribution is -2.41. The van der Waals surface area contributed by atoms with Crippen molar-refractivity contribution in [3.05, 3.63) is 23.3 Å². The smallest absolute Gasteiger partial charge is 0.264 e.